The van der Waals surface area contributed by atoms with E-state index in [4.69, 9.17) is 4.74 Å². The largest absolute Gasteiger partial charge is 0.506 e. The summed E-state index contributed by atoms with van der Waals surface area (Å²) in [6.45, 7) is 12.4. The summed E-state index contributed by atoms with van der Waals surface area (Å²) >= 11 is 8.01. The SMILES string of the molecule is C=C(Br)/C=C(\C(O)=C(\Br)C(C)OCC(=O)C(C)(C)C)c1csc(C(=O)N2CCC(Cc3ccccc3)CC2)n1. The Kier molecular flexibility index (Phi) is 11.3. The number of hydrogen-bond donors (Lipinski definition) is 1. The van der Waals surface area contributed by atoms with Crippen LogP contribution in [-0.2, 0) is 16.0 Å². The third kappa shape index (κ3) is 8.96. The molecule has 2 aromatic rings. The van der Waals surface area contributed by atoms with Gasteiger partial charge in [-0.15, -0.1) is 11.3 Å². The molecule has 1 atom stereocenters. The van der Waals surface area contributed by atoms with Crippen molar-refractivity contribution in [3.63, 3.8) is 0 Å². The number of piperidine rings is 1. The van der Waals surface area contributed by atoms with Crippen LogP contribution in [-0.4, -0.2) is 52.5 Å². The van der Waals surface area contributed by atoms with Gasteiger partial charge in [-0.1, -0.05) is 73.6 Å². The number of Topliss-reactive ketones (excluding diaryl/α,β-unsaturated/α-hetero) is 1. The highest BCUT2D eigenvalue weighted by Gasteiger charge is 2.27. The number of aliphatic hydroxyl groups is 1. The van der Waals surface area contributed by atoms with Crippen molar-refractivity contribution in [2.24, 2.45) is 11.3 Å². The maximum atomic E-state index is 13.3. The number of nitrogens with zero attached hydrogens (tertiary/aromatic N) is 2. The van der Waals surface area contributed by atoms with Crippen LogP contribution in [0.4, 0.5) is 0 Å². The standard InChI is InChI=1S/C30H36Br2N2O4S/c1-19(31)15-23(27(36)26(32)20(2)38-17-25(35)30(3,4)5)24-18-39-28(33-24)29(37)34-13-11-22(12-14-34)16-21-9-7-6-8-10-21/h6-10,15,18,20,22,36H,1,11-14,16-17H2,2-5H3/b23-15-,27-26-. The molecule has 3 rings (SSSR count). The molecule has 1 aliphatic heterocycles. The van der Waals surface area contributed by atoms with Gasteiger partial charge in [-0.3, -0.25) is 9.59 Å². The molecule has 0 aliphatic carbocycles. The maximum absolute atomic E-state index is 13.3. The Labute approximate surface area is 252 Å². The van der Waals surface area contributed by atoms with Crippen molar-refractivity contribution in [2.45, 2.75) is 53.1 Å². The number of rotatable bonds is 10. The first-order valence-corrected chi connectivity index (χ1v) is 15.4. The van der Waals surface area contributed by atoms with Crippen LogP contribution < -0.4 is 0 Å². The van der Waals surface area contributed by atoms with Crippen LogP contribution in [0.25, 0.3) is 5.57 Å². The summed E-state index contributed by atoms with van der Waals surface area (Å²) in [4.78, 5) is 32.0. The average molecular weight is 681 g/mol. The molecule has 1 unspecified atom stereocenters. The Morgan fingerprint density at radius 1 is 1.23 bits per heavy atom. The molecule has 1 aromatic heterocycles. The van der Waals surface area contributed by atoms with Gasteiger partial charge in [-0.25, -0.2) is 4.98 Å². The minimum atomic E-state index is -0.583. The van der Waals surface area contributed by atoms with Crippen LogP contribution in [0, 0.1) is 11.3 Å². The fourth-order valence-corrected chi connectivity index (χ4v) is 5.51. The summed E-state index contributed by atoms with van der Waals surface area (Å²) in [5, 5.41) is 13.3. The van der Waals surface area contributed by atoms with E-state index in [-0.39, 0.29) is 24.1 Å². The summed E-state index contributed by atoms with van der Waals surface area (Å²) in [6.07, 6.45) is 4.00. The first-order valence-electron chi connectivity index (χ1n) is 13.0. The lowest BCUT2D eigenvalue weighted by molar-refractivity contribution is -0.132. The molecule has 1 aromatic carbocycles. The number of benzene rings is 1. The van der Waals surface area contributed by atoms with Gasteiger partial charge in [0.1, 0.15) is 12.4 Å². The lowest BCUT2D eigenvalue weighted by atomic mass is 9.90. The third-order valence-corrected chi connectivity index (χ3v) is 8.75. The van der Waals surface area contributed by atoms with Gasteiger partial charge in [0.05, 0.1) is 16.3 Å². The molecule has 0 bridgehead atoms. The number of amides is 1. The molecule has 39 heavy (non-hydrogen) atoms. The van der Waals surface area contributed by atoms with E-state index in [1.165, 1.54) is 16.9 Å². The molecule has 1 saturated heterocycles. The summed E-state index contributed by atoms with van der Waals surface area (Å²) < 4.78 is 6.61. The zero-order valence-electron chi connectivity index (χ0n) is 22.9. The minimum absolute atomic E-state index is 0.0366. The Morgan fingerprint density at radius 2 is 1.87 bits per heavy atom. The highest BCUT2D eigenvalue weighted by Crippen LogP contribution is 2.32. The molecular formula is C30H36Br2N2O4S. The van der Waals surface area contributed by atoms with Gasteiger partial charge in [0.25, 0.3) is 5.91 Å². The Balaban J connectivity index is 1.69. The van der Waals surface area contributed by atoms with Crippen molar-refractivity contribution < 1.29 is 19.4 Å². The van der Waals surface area contributed by atoms with E-state index < -0.39 is 11.5 Å². The van der Waals surface area contributed by atoms with Crippen molar-refractivity contribution >= 4 is 60.5 Å². The van der Waals surface area contributed by atoms with E-state index in [2.05, 4.69) is 67.7 Å². The summed E-state index contributed by atoms with van der Waals surface area (Å²) in [6, 6.07) is 10.5. The number of allylic oxidation sites excluding steroid dienone is 3. The molecule has 6 nitrogen and oxygen atoms in total. The summed E-state index contributed by atoms with van der Waals surface area (Å²) in [7, 11) is 0. The Bertz CT molecular complexity index is 1240. The zero-order valence-corrected chi connectivity index (χ0v) is 26.9. The first kappa shape index (κ1) is 31.5. The maximum Gasteiger partial charge on any atom is 0.282 e. The highest BCUT2D eigenvalue weighted by atomic mass is 79.9. The molecule has 1 aliphatic rings. The van der Waals surface area contributed by atoms with Gasteiger partial charge >= 0.3 is 0 Å². The van der Waals surface area contributed by atoms with Crippen molar-refractivity contribution in [3.8, 4) is 0 Å². The van der Waals surface area contributed by atoms with Gasteiger partial charge in [-0.05, 0) is 59.7 Å². The van der Waals surface area contributed by atoms with E-state index >= 15 is 0 Å². The smallest absolute Gasteiger partial charge is 0.282 e. The van der Waals surface area contributed by atoms with Crippen molar-refractivity contribution in [3.05, 3.63) is 79.4 Å². The van der Waals surface area contributed by atoms with E-state index in [9.17, 15) is 14.7 Å². The second-order valence-electron chi connectivity index (χ2n) is 10.8. The van der Waals surface area contributed by atoms with E-state index in [1.807, 2.05) is 31.7 Å². The predicted molar refractivity (Wildman–Crippen MR) is 165 cm³/mol. The predicted octanol–water partition coefficient (Wildman–Crippen LogP) is 7.71. The lowest BCUT2D eigenvalue weighted by Crippen LogP contribution is -2.38. The number of ketones is 1. The average Bonchev–Trinajstić information content (AvgIpc) is 3.39. The van der Waals surface area contributed by atoms with Crippen LogP contribution in [0.3, 0.4) is 0 Å². The van der Waals surface area contributed by atoms with E-state index in [0.29, 0.717) is 44.2 Å². The first-order chi connectivity index (χ1) is 18.4. The number of aromatic nitrogens is 1. The fraction of sp³-hybridized carbons (Fsp3) is 0.433. The molecule has 1 N–H and O–H groups in total. The number of ether oxygens (including phenoxy) is 1. The Hall–Kier alpha value is -2.07. The van der Waals surface area contributed by atoms with Gasteiger partial charge in [0, 0.05) is 33.9 Å². The number of halogens is 2. The monoisotopic (exact) mass is 678 g/mol. The second-order valence-corrected chi connectivity index (χ2v) is 13.5. The fourth-order valence-electron chi connectivity index (χ4n) is 4.15. The number of carbonyl (C=O) groups is 2. The van der Waals surface area contributed by atoms with E-state index in [1.54, 1.807) is 18.4 Å². The van der Waals surface area contributed by atoms with E-state index in [0.717, 1.165) is 19.3 Å². The molecule has 0 spiro atoms. The number of carbonyl (C=O) groups excluding carboxylic acids is 2. The molecular weight excluding hydrogens is 644 g/mol. The molecule has 1 amide bonds. The quantitative estimate of drug-likeness (QED) is 0.206. The van der Waals surface area contributed by atoms with Gasteiger partial charge in [0.2, 0.25) is 0 Å². The van der Waals surface area contributed by atoms with Gasteiger partial charge in [0.15, 0.2) is 10.8 Å². The van der Waals surface area contributed by atoms with Crippen molar-refractivity contribution in [1.29, 1.82) is 0 Å². The molecule has 2 heterocycles. The van der Waals surface area contributed by atoms with Gasteiger partial charge in [-0.2, -0.15) is 0 Å². The molecule has 9 heteroatoms. The number of likely N-dealkylation sites (tertiary alicyclic amines) is 1. The van der Waals surface area contributed by atoms with Crippen LogP contribution >= 0.6 is 43.2 Å². The molecule has 1 fully saturated rings. The van der Waals surface area contributed by atoms with Crippen LogP contribution in [0.15, 0.2) is 63.1 Å². The van der Waals surface area contributed by atoms with Crippen LogP contribution in [0.2, 0.25) is 0 Å². The second kappa shape index (κ2) is 14.0. The Morgan fingerprint density at radius 3 is 2.46 bits per heavy atom. The molecule has 0 radical (unpaired) electrons. The van der Waals surface area contributed by atoms with Crippen LogP contribution in [0.1, 0.15) is 61.6 Å². The number of hydrogen-bond acceptors (Lipinski definition) is 6. The van der Waals surface area contributed by atoms with Crippen LogP contribution in [0.5, 0.6) is 0 Å². The van der Waals surface area contributed by atoms with Crippen molar-refractivity contribution in [2.75, 3.05) is 19.7 Å². The third-order valence-electron chi connectivity index (χ3n) is 6.67. The number of aliphatic hydroxyl groups excluding tert-OH is 1. The molecule has 0 saturated carbocycles. The van der Waals surface area contributed by atoms with Gasteiger partial charge < -0.3 is 14.7 Å². The summed E-state index contributed by atoms with van der Waals surface area (Å²) in [5.74, 6) is 0.328. The van der Waals surface area contributed by atoms with Crippen molar-refractivity contribution in [1.82, 2.24) is 9.88 Å². The topological polar surface area (TPSA) is 79.7 Å². The minimum Gasteiger partial charge on any atom is -0.506 e. The highest BCUT2D eigenvalue weighted by molar-refractivity contribution is 9.12. The lowest BCUT2D eigenvalue weighted by Gasteiger charge is -2.31. The summed E-state index contributed by atoms with van der Waals surface area (Å²) in [5.41, 5.74) is 1.66. The molecule has 210 valence electrons. The normalized spacial score (nSPS) is 16.6. The zero-order chi connectivity index (χ0) is 28.7. The number of thiazole rings is 1.